The summed E-state index contributed by atoms with van der Waals surface area (Å²) < 4.78 is 81.9. The van der Waals surface area contributed by atoms with E-state index in [2.05, 4.69) is 25.1 Å². The largest absolute Gasteiger partial charge is 0.454 e. The first kappa shape index (κ1) is 32.1. The van der Waals surface area contributed by atoms with E-state index in [0.29, 0.717) is 30.8 Å². The highest BCUT2D eigenvalue weighted by Gasteiger charge is 2.44. The second-order valence-electron chi connectivity index (χ2n) is 13.1. The highest BCUT2D eigenvalue weighted by atomic mass is 19.4. The van der Waals surface area contributed by atoms with E-state index >= 15 is 17.6 Å². The smallest absolute Gasteiger partial charge is 0.422 e. The zero-order chi connectivity index (χ0) is 33.3. The average molecular weight is 663 g/mol. The van der Waals surface area contributed by atoms with Gasteiger partial charge >= 0.3 is 6.18 Å². The zero-order valence-corrected chi connectivity index (χ0v) is 26.3. The van der Waals surface area contributed by atoms with E-state index in [9.17, 15) is 4.39 Å². The summed E-state index contributed by atoms with van der Waals surface area (Å²) >= 11 is 0. The van der Waals surface area contributed by atoms with Gasteiger partial charge in [-0.3, -0.25) is 0 Å². The predicted molar refractivity (Wildman–Crippen MR) is 172 cm³/mol. The third kappa shape index (κ3) is 7.03. The maximum atomic E-state index is 16.0. The van der Waals surface area contributed by atoms with E-state index in [4.69, 9.17) is 4.74 Å². The number of halogens is 5. The molecule has 3 aliphatic rings. The molecule has 7 rings (SSSR count). The van der Waals surface area contributed by atoms with Gasteiger partial charge in [-0.2, -0.15) is 23.4 Å². The molecule has 250 valence electrons. The van der Waals surface area contributed by atoms with E-state index in [1.807, 2.05) is 0 Å². The van der Waals surface area contributed by atoms with Crippen molar-refractivity contribution in [3.8, 4) is 22.8 Å². The summed E-state index contributed by atoms with van der Waals surface area (Å²) in [5.74, 6) is -2.10. The van der Waals surface area contributed by atoms with Gasteiger partial charge in [0.05, 0.1) is 23.8 Å². The minimum absolute atomic E-state index is 0.00325. The van der Waals surface area contributed by atoms with Crippen molar-refractivity contribution in [3.05, 3.63) is 89.9 Å². The monoisotopic (exact) mass is 662 g/mol. The van der Waals surface area contributed by atoms with Crippen LogP contribution in [0.3, 0.4) is 0 Å². The molecule has 0 amide bonds. The molecule has 2 aromatic heterocycles. The van der Waals surface area contributed by atoms with Crippen LogP contribution in [0.4, 0.5) is 27.6 Å². The van der Waals surface area contributed by atoms with Gasteiger partial charge in [0.2, 0.25) is 0 Å². The van der Waals surface area contributed by atoms with Crippen LogP contribution in [-0.4, -0.2) is 57.8 Å². The molecule has 0 N–H and O–H groups in total. The van der Waals surface area contributed by atoms with Gasteiger partial charge < -0.3 is 14.5 Å². The van der Waals surface area contributed by atoms with Crippen molar-refractivity contribution in [1.82, 2.24) is 25.1 Å². The lowest BCUT2D eigenvalue weighted by Gasteiger charge is -2.49. The summed E-state index contributed by atoms with van der Waals surface area (Å²) in [6, 6.07) is 11.1. The van der Waals surface area contributed by atoms with Gasteiger partial charge in [0, 0.05) is 37.0 Å². The number of para-hydroxylation sites is 1. The minimum atomic E-state index is -4.90. The third-order valence-corrected chi connectivity index (χ3v) is 9.65. The number of benzene rings is 2. The molecule has 2 aliphatic heterocycles. The van der Waals surface area contributed by atoms with Crippen LogP contribution in [0.5, 0.6) is 11.5 Å². The topological polar surface area (TPSA) is 67.3 Å². The van der Waals surface area contributed by atoms with E-state index in [-0.39, 0.29) is 28.2 Å². The molecule has 0 bridgehead atoms. The molecular weight excluding hydrogens is 627 g/mol. The molecule has 1 saturated carbocycles. The molecule has 48 heavy (non-hydrogen) atoms. The Hall–Kier alpha value is -4.45. The molecule has 2 aromatic carbocycles. The molecule has 4 heterocycles. The normalized spacial score (nSPS) is 18.7. The van der Waals surface area contributed by atoms with Crippen LogP contribution in [0.1, 0.15) is 55.5 Å². The van der Waals surface area contributed by atoms with Gasteiger partial charge in [0.1, 0.15) is 11.3 Å². The zero-order valence-electron chi connectivity index (χ0n) is 26.3. The molecule has 3 fully saturated rings. The molecule has 1 aliphatic carbocycles. The first-order chi connectivity index (χ1) is 23.2. The fraction of sp³-hybridized carbons (Fsp3) is 0.389. The number of rotatable bonds is 8. The summed E-state index contributed by atoms with van der Waals surface area (Å²) in [5, 5.41) is 7.57. The number of likely N-dealkylation sites (tertiary alicyclic amines) is 1. The Morgan fingerprint density at radius 2 is 1.75 bits per heavy atom. The number of ether oxygens (including phenoxy) is 1. The Morgan fingerprint density at radius 1 is 0.938 bits per heavy atom. The molecule has 2 saturated heterocycles. The number of aromatic nitrogens is 4. The Kier molecular flexibility index (Phi) is 8.84. The summed E-state index contributed by atoms with van der Waals surface area (Å²) in [4.78, 5) is 12.6. The molecule has 1 spiro atoms. The van der Waals surface area contributed by atoms with Gasteiger partial charge in [0.25, 0.3) is 0 Å². The number of nitrogens with zero attached hydrogens (tertiary/aromatic N) is 6. The molecular formula is C36H35F5N6O. The molecule has 0 radical (unpaired) electrons. The first-order valence-corrected chi connectivity index (χ1v) is 16.3. The first-order valence-electron chi connectivity index (χ1n) is 16.3. The lowest BCUT2D eigenvalue weighted by Crippen LogP contribution is -2.50. The second kappa shape index (κ2) is 13.2. The van der Waals surface area contributed by atoms with Crippen LogP contribution in [0, 0.1) is 17.2 Å². The number of anilines is 1. The fourth-order valence-corrected chi connectivity index (χ4v) is 7.01. The van der Waals surface area contributed by atoms with Crippen molar-refractivity contribution < 1.29 is 26.7 Å². The number of hydrogen-bond donors (Lipinski definition) is 0. The lowest BCUT2D eigenvalue weighted by molar-refractivity contribution is -0.138. The van der Waals surface area contributed by atoms with Crippen LogP contribution < -0.4 is 9.64 Å². The summed E-state index contributed by atoms with van der Waals surface area (Å²) in [6.45, 7) is 3.65. The van der Waals surface area contributed by atoms with Crippen molar-refractivity contribution in [2.24, 2.45) is 11.3 Å². The van der Waals surface area contributed by atoms with Crippen molar-refractivity contribution >= 4 is 17.6 Å². The predicted octanol–water partition coefficient (Wildman–Crippen LogP) is 8.44. The SMILES string of the molecule is F/C(=C\c1ccc(Oc2ccccc2F)c(C(F)(F)F)c1N1CCCC2(CCN(CC3CC3)CC2)C1)c1nccc(-c2ccnnc2)n1. The number of piperidine rings is 2. The Morgan fingerprint density at radius 3 is 2.48 bits per heavy atom. The maximum Gasteiger partial charge on any atom is 0.422 e. The van der Waals surface area contributed by atoms with E-state index in [1.54, 1.807) is 17.0 Å². The van der Waals surface area contributed by atoms with Crippen LogP contribution in [0.15, 0.2) is 67.1 Å². The standard InChI is InChI=1S/C36H35F5N6O/c37-27-4-1-2-5-30(27)48-31-9-8-25(20-28(38)34-42-15-11-29(45-34)26-10-16-43-44-21-26)33(32(31)36(39,40)41)47-17-3-12-35(23-47)13-18-46(19-14-35)22-24-6-7-24/h1-2,4-5,8-11,15-16,20-21,24H,3,6-7,12-14,17-19,22-23H2/b28-20-. The van der Waals surface area contributed by atoms with Crippen LogP contribution in [-0.2, 0) is 6.18 Å². The Balaban J connectivity index is 1.29. The third-order valence-electron chi connectivity index (χ3n) is 9.65. The van der Waals surface area contributed by atoms with Crippen molar-refractivity contribution in [3.63, 3.8) is 0 Å². The van der Waals surface area contributed by atoms with Gasteiger partial charge in [-0.1, -0.05) is 12.1 Å². The van der Waals surface area contributed by atoms with Crippen LogP contribution in [0.2, 0.25) is 0 Å². The van der Waals surface area contributed by atoms with Crippen LogP contribution >= 0.6 is 0 Å². The highest BCUT2D eigenvalue weighted by Crippen LogP contribution is 2.50. The maximum absolute atomic E-state index is 16.0. The molecule has 0 atom stereocenters. The van der Waals surface area contributed by atoms with Gasteiger partial charge in [-0.25, -0.2) is 18.7 Å². The van der Waals surface area contributed by atoms with E-state index in [1.165, 1.54) is 55.7 Å². The quantitative estimate of drug-likeness (QED) is 0.176. The van der Waals surface area contributed by atoms with Crippen molar-refractivity contribution in [1.29, 1.82) is 0 Å². The van der Waals surface area contributed by atoms with Gasteiger partial charge in [0.15, 0.2) is 23.2 Å². The fourth-order valence-electron chi connectivity index (χ4n) is 7.01. The van der Waals surface area contributed by atoms with Crippen molar-refractivity contribution in [2.75, 3.05) is 37.6 Å². The molecule has 0 unspecified atom stereocenters. The summed E-state index contributed by atoms with van der Waals surface area (Å²) in [5.41, 5.74) is -0.469. The summed E-state index contributed by atoms with van der Waals surface area (Å²) in [6.07, 6.45) is 6.36. The van der Waals surface area contributed by atoms with E-state index < -0.39 is 29.1 Å². The van der Waals surface area contributed by atoms with E-state index in [0.717, 1.165) is 63.0 Å². The van der Waals surface area contributed by atoms with Crippen LogP contribution in [0.25, 0.3) is 23.2 Å². The average Bonchev–Trinajstić information content (AvgIpc) is 3.91. The number of hydrogen-bond acceptors (Lipinski definition) is 7. The lowest BCUT2D eigenvalue weighted by atomic mass is 9.72. The Bertz CT molecular complexity index is 1790. The molecule has 4 aromatic rings. The van der Waals surface area contributed by atoms with Crippen molar-refractivity contribution in [2.45, 2.75) is 44.7 Å². The summed E-state index contributed by atoms with van der Waals surface area (Å²) in [7, 11) is 0. The Labute approximate surface area is 275 Å². The molecule has 7 nitrogen and oxygen atoms in total. The van der Waals surface area contributed by atoms with Gasteiger partial charge in [-0.05, 0) is 105 Å². The number of alkyl halides is 3. The second-order valence-corrected chi connectivity index (χ2v) is 13.1. The minimum Gasteiger partial charge on any atom is -0.454 e. The highest BCUT2D eigenvalue weighted by molar-refractivity contribution is 5.83. The van der Waals surface area contributed by atoms with Gasteiger partial charge in [-0.15, -0.1) is 0 Å². The molecule has 12 heteroatoms.